The number of benzene rings is 3. The molecule has 12 saturated carbocycles. The quantitative estimate of drug-likeness (QED) is 0.0952. The maximum atomic E-state index is 12.8. The number of carbonyl (C=O) groups excluding carboxylic acids is 2. The maximum Gasteiger partial charge on any atom is 0.192 e. The highest BCUT2D eigenvalue weighted by Gasteiger charge is 2.65. The van der Waals surface area contributed by atoms with Crippen LogP contribution in [0.25, 0.3) is 0 Å². The maximum absolute atomic E-state index is 12.8. The molecule has 7 nitrogen and oxygen atoms in total. The zero-order chi connectivity index (χ0) is 94.1. The van der Waals surface area contributed by atoms with E-state index in [-0.39, 0.29) is 38.5 Å². The predicted molar refractivity (Wildman–Crippen MR) is 559 cm³/mol. The first-order valence-electron chi connectivity index (χ1n) is 53.0. The molecular formula is C119H181O7PSi3. The van der Waals surface area contributed by atoms with Crippen LogP contribution in [0.15, 0.2) is 173 Å². The smallest absolute Gasteiger partial charge is 0.192 e. The normalized spacial score (nSPS) is 40.6. The summed E-state index contributed by atoms with van der Waals surface area (Å²) in [5, 5.41) is 25.6. The number of carbonyl (C=O) groups is 2. The molecule has 16 aliphatic rings. The van der Waals surface area contributed by atoms with E-state index >= 15 is 0 Å². The van der Waals surface area contributed by atoms with E-state index < -0.39 is 31.8 Å². The number of ketones is 2. The van der Waals surface area contributed by atoms with Crippen LogP contribution < -0.4 is 15.9 Å². The van der Waals surface area contributed by atoms with Crippen molar-refractivity contribution in [2.24, 2.45) is 114 Å². The lowest BCUT2D eigenvalue weighted by atomic mass is 9.48. The average Bonchev–Trinajstić information content (AvgIpc) is 1.48. The molecule has 16 aliphatic carbocycles. The van der Waals surface area contributed by atoms with Crippen molar-refractivity contribution in [3.63, 3.8) is 0 Å². The first kappa shape index (κ1) is 100. The minimum absolute atomic E-state index is 0.0168. The first-order chi connectivity index (χ1) is 60.9. The van der Waals surface area contributed by atoms with Gasteiger partial charge in [0.25, 0.3) is 0 Å². The second-order valence-electron chi connectivity index (χ2n) is 51.9. The molecule has 12 fully saturated rings. The Hall–Kier alpha value is -4.07. The van der Waals surface area contributed by atoms with Crippen LogP contribution >= 0.6 is 6.89 Å². The van der Waals surface area contributed by atoms with Crippen LogP contribution in [-0.2, 0) is 22.9 Å². The molecule has 11 heteroatoms. The van der Waals surface area contributed by atoms with Gasteiger partial charge in [-0.3, -0.25) is 9.59 Å². The molecule has 0 heterocycles. The van der Waals surface area contributed by atoms with Crippen molar-refractivity contribution in [2.75, 3.05) is 0 Å². The fraction of sp³-hybridized carbons (Fsp3) is 0.706. The molecule has 0 aromatic heterocycles. The molecule has 0 spiro atoms. The second-order valence-corrected chi connectivity index (χ2v) is 69.4. The summed E-state index contributed by atoms with van der Waals surface area (Å²) < 4.78 is 20.6. The fourth-order valence-electron chi connectivity index (χ4n) is 31.7. The van der Waals surface area contributed by atoms with Crippen molar-refractivity contribution in [1.82, 2.24) is 0 Å². The molecule has 19 rings (SSSR count). The van der Waals surface area contributed by atoms with Crippen LogP contribution in [-0.4, -0.2) is 83.6 Å². The minimum Gasteiger partial charge on any atom is -0.414 e. The van der Waals surface area contributed by atoms with Gasteiger partial charge in [0.15, 0.2) is 30.7 Å². The number of hydrogen-bond donors (Lipinski definition) is 2. The topological polar surface area (TPSA) is 102 Å². The standard InChI is InChI=1S/C27H46O2Si.C27H44O2Si.C27H46OSi.C19H28O2.C19H17P/c2*1-9-21-24(28)17-23-20-11-10-18-16-19(29-30(7,8)25(2,3)4)12-14-26(18,5)22(20)13-15-27(21,23)6;1-9-19-11-13-23-22-12-10-20-18-21(28-29(7,8)25(2,3)4)14-16-27(20,6)24(22)15-17-26(19,23)5;1-18-9-7-13(20)11-12(18)3-4-14-15-5-6-17(21)19(15,2)10-8-16(14)18;1-20(17-11-5-2-6-12-17,18-13-7-3-8-14-18)19-15-9-4-10-16-19/h9-10,19-20,22-24,28H,11-17H2,1-8H3;9-10,19-20,22-23H,11-17H2,1-8H3;9-10,21-24H,11-18H2,1-8H3;3,13-16,20H,4-11H2,1-2H3;2-16H,1H2/b2*21-9-;19-9-;;/t19-,20+,22-,23-,24+,26-,27+;19-,20+,22-,23-,26-,27+;21-,22-,23-,24-,26+,27-;13-,14-,15-,16-,18-,19-;/m0000./s1. The summed E-state index contributed by atoms with van der Waals surface area (Å²) in [6, 6.07) is 31.9. The van der Waals surface area contributed by atoms with Gasteiger partial charge in [-0.15, -0.1) is 0 Å². The third-order valence-electron chi connectivity index (χ3n) is 42.7. The van der Waals surface area contributed by atoms with Gasteiger partial charge < -0.3 is 23.5 Å². The number of allylic oxidation sites excluding steroid dienone is 9. The predicted octanol–water partition coefficient (Wildman–Crippen LogP) is 30.3. The Kier molecular flexibility index (Phi) is 28.5. The fourth-order valence-corrected chi connectivity index (χ4v) is 38.8. The largest absolute Gasteiger partial charge is 0.414 e. The highest BCUT2D eigenvalue weighted by atomic mass is 31.2. The van der Waals surface area contributed by atoms with Crippen LogP contribution in [0.4, 0.5) is 0 Å². The second kappa shape index (κ2) is 36.9. The van der Waals surface area contributed by atoms with E-state index in [0.29, 0.717) is 91.6 Å². The minimum atomic E-state index is -1.78. The van der Waals surface area contributed by atoms with Crippen molar-refractivity contribution in [3.05, 3.63) is 173 Å². The number of rotatable bonds is 9. The summed E-state index contributed by atoms with van der Waals surface area (Å²) in [4.78, 5) is 25.1. The van der Waals surface area contributed by atoms with E-state index in [2.05, 4.69) is 311 Å². The van der Waals surface area contributed by atoms with Crippen molar-refractivity contribution in [3.8, 4) is 0 Å². The van der Waals surface area contributed by atoms with E-state index in [0.717, 1.165) is 118 Å². The van der Waals surface area contributed by atoms with E-state index in [1.165, 1.54) is 149 Å². The molecule has 0 saturated heterocycles. The van der Waals surface area contributed by atoms with Gasteiger partial charge >= 0.3 is 0 Å². The van der Waals surface area contributed by atoms with Crippen LogP contribution in [0.3, 0.4) is 0 Å². The molecule has 0 amide bonds. The van der Waals surface area contributed by atoms with Gasteiger partial charge in [-0.25, -0.2) is 0 Å². The lowest BCUT2D eigenvalue weighted by molar-refractivity contribution is -0.132. The van der Waals surface area contributed by atoms with Gasteiger partial charge in [0.2, 0.25) is 0 Å². The zero-order valence-electron chi connectivity index (χ0n) is 86.8. The van der Waals surface area contributed by atoms with Crippen molar-refractivity contribution in [1.29, 1.82) is 0 Å². The lowest BCUT2D eigenvalue weighted by Crippen LogP contribution is -2.51. The van der Waals surface area contributed by atoms with E-state index in [4.69, 9.17) is 19.6 Å². The lowest BCUT2D eigenvalue weighted by Gasteiger charge is -2.58. The van der Waals surface area contributed by atoms with Crippen LogP contribution in [0.1, 0.15) is 331 Å². The van der Waals surface area contributed by atoms with Crippen LogP contribution in [0.2, 0.25) is 54.4 Å². The van der Waals surface area contributed by atoms with Gasteiger partial charge in [-0.2, -0.15) is 0 Å². The summed E-state index contributed by atoms with van der Waals surface area (Å²) in [5.41, 5.74) is 13.1. The average molecular weight is 1840 g/mol. The first-order valence-corrected chi connectivity index (χ1v) is 63.7. The summed E-state index contributed by atoms with van der Waals surface area (Å²) in [7, 11) is -5.12. The summed E-state index contributed by atoms with van der Waals surface area (Å²) >= 11 is 0. The van der Waals surface area contributed by atoms with Crippen LogP contribution in [0, 0.1) is 114 Å². The Balaban J connectivity index is 0.000000126. The molecule has 0 bridgehead atoms. The number of fused-ring (bicyclic) bond motifs is 20. The molecular weight excluding hydrogens is 1660 g/mol. The van der Waals surface area contributed by atoms with E-state index in [1.54, 1.807) is 22.3 Å². The zero-order valence-corrected chi connectivity index (χ0v) is 90.7. The van der Waals surface area contributed by atoms with Gasteiger partial charge in [0, 0.05) is 36.6 Å². The number of aliphatic hydroxyl groups is 2. The molecule has 716 valence electrons. The number of aliphatic hydroxyl groups excluding tert-OH is 2. The molecule has 3 aromatic carbocycles. The molecule has 0 unspecified atom stereocenters. The number of hydrogen-bond acceptors (Lipinski definition) is 7. The Bertz CT molecular complexity index is 4760. The van der Waals surface area contributed by atoms with Gasteiger partial charge in [-0.1, -0.05) is 285 Å². The summed E-state index contributed by atoms with van der Waals surface area (Å²) in [6.07, 6.45) is 58.4. The third-order valence-corrected chi connectivity index (χ3v) is 59.9. The van der Waals surface area contributed by atoms with Gasteiger partial charge in [0.05, 0.1) is 12.2 Å². The molecule has 25 atom stereocenters. The van der Waals surface area contributed by atoms with Gasteiger partial charge in [0.1, 0.15) is 5.78 Å². The Labute approximate surface area is 796 Å². The Morgan fingerprint density at radius 3 is 1.07 bits per heavy atom. The third kappa shape index (κ3) is 17.8. The number of Topliss-reactive ketones (excluding diaryl/α,β-unsaturated/α-hetero) is 2. The molecule has 0 radical (unpaired) electrons. The van der Waals surface area contributed by atoms with Crippen molar-refractivity contribution >= 4 is 65.6 Å². The van der Waals surface area contributed by atoms with Crippen molar-refractivity contribution < 1.29 is 33.1 Å². The van der Waals surface area contributed by atoms with E-state index in [1.807, 2.05) is 0 Å². The van der Waals surface area contributed by atoms with Crippen molar-refractivity contribution in [2.45, 2.75) is 416 Å². The SMILES string of the molecule is C/C=C1/C(=O)C[C@H]2[C@@H]3CC=C4C[C@@H](O[Si](C)(C)C(C)(C)C)CC[C@]4(C)[C@H]3CC[C@]12C.C/C=C1/CC[C@H]2[C@@H]3CC=C4C[C@@H](O[Si](C)(C)C(C)(C)C)CC[C@]4(C)[C@H]3CC[C@]12C.C/C=C1/[C@H](O)C[C@H]2[C@@H]3CC=C4C[C@@H](O[Si](C)(C)C(C)(C)C)CC[C@]4(C)[C@H]3CC[C@]12C.C=P(c1ccccc1)(c1ccccc1)c1ccccc1.C[C@]12CC[C@H](O)CC1=CC[C@@H]1[C@@H]2CC[C@]2(C)C(=O)CC[C@@H]12. The molecule has 2 N–H and O–H groups in total. The summed E-state index contributed by atoms with van der Waals surface area (Å²) in [5.74, 6) is 9.91. The van der Waals surface area contributed by atoms with Crippen LogP contribution in [0.5, 0.6) is 0 Å². The molecule has 3 aromatic rings. The Morgan fingerprint density at radius 1 is 0.369 bits per heavy atom. The molecule has 0 aliphatic heterocycles. The Morgan fingerprint density at radius 2 is 0.692 bits per heavy atom. The summed E-state index contributed by atoms with van der Waals surface area (Å²) in [6.45, 7) is 60.2. The monoisotopic (exact) mass is 1840 g/mol. The highest BCUT2D eigenvalue weighted by molar-refractivity contribution is 7.93. The molecule has 130 heavy (non-hydrogen) atoms. The van der Waals surface area contributed by atoms with E-state index in [9.17, 15) is 19.8 Å². The van der Waals surface area contributed by atoms with Gasteiger partial charge in [-0.05, 0) is 398 Å². The highest BCUT2D eigenvalue weighted by Crippen LogP contribution is 2.72.